The van der Waals surface area contributed by atoms with E-state index in [-0.39, 0.29) is 0 Å². The molecule has 1 aromatic rings. The molecular weight excluding hydrogens is 228 g/mol. The Kier molecular flexibility index (Phi) is 7.06. The van der Waals surface area contributed by atoms with Crippen LogP contribution in [0.1, 0.15) is 19.4 Å². The lowest BCUT2D eigenvalue weighted by Gasteiger charge is -2.17. The van der Waals surface area contributed by atoms with E-state index in [1.807, 2.05) is 18.2 Å². The highest BCUT2D eigenvalue weighted by molar-refractivity contribution is 7.80. The van der Waals surface area contributed by atoms with E-state index in [1.165, 1.54) is 5.56 Å². The van der Waals surface area contributed by atoms with E-state index >= 15 is 0 Å². The third kappa shape index (κ3) is 5.94. The van der Waals surface area contributed by atoms with Crippen LogP contribution in [0.5, 0.6) is 0 Å². The fourth-order valence-electron chi connectivity index (χ4n) is 1.49. The van der Waals surface area contributed by atoms with Gasteiger partial charge < -0.3 is 4.74 Å². The van der Waals surface area contributed by atoms with Gasteiger partial charge in [0.15, 0.2) is 0 Å². The Hall–Kier alpha value is -0.730. The molecular formula is C15H22OS. The molecule has 0 heterocycles. The van der Waals surface area contributed by atoms with Crippen molar-refractivity contribution in [3.8, 4) is 0 Å². The van der Waals surface area contributed by atoms with Crippen molar-refractivity contribution >= 4 is 18.7 Å². The molecule has 0 bridgehead atoms. The minimum absolute atomic E-state index is 0.545. The Labute approximate surface area is 110 Å². The largest absolute Gasteiger partial charge is 0.377 e. The predicted octanol–water partition coefficient (Wildman–Crippen LogP) is 3.92. The predicted molar refractivity (Wildman–Crippen MR) is 78.5 cm³/mol. The Morgan fingerprint density at radius 3 is 2.53 bits per heavy atom. The van der Waals surface area contributed by atoms with Crippen LogP contribution < -0.4 is 0 Å². The van der Waals surface area contributed by atoms with Gasteiger partial charge in [0.05, 0.1) is 13.2 Å². The van der Waals surface area contributed by atoms with Crippen molar-refractivity contribution in [2.75, 3.05) is 19.0 Å². The Balaban J connectivity index is 2.22. The maximum atomic E-state index is 5.63. The number of hydrogen-bond donors (Lipinski definition) is 1. The molecule has 0 aliphatic carbocycles. The second-order valence-corrected chi connectivity index (χ2v) is 4.90. The van der Waals surface area contributed by atoms with E-state index in [1.54, 1.807) is 0 Å². The van der Waals surface area contributed by atoms with Crippen LogP contribution in [0.4, 0.5) is 0 Å². The summed E-state index contributed by atoms with van der Waals surface area (Å²) in [4.78, 5) is 0. The van der Waals surface area contributed by atoms with Crippen molar-refractivity contribution in [1.29, 1.82) is 0 Å². The highest BCUT2D eigenvalue weighted by Crippen LogP contribution is 2.12. The quantitative estimate of drug-likeness (QED) is 0.570. The van der Waals surface area contributed by atoms with E-state index in [0.29, 0.717) is 18.4 Å². The molecule has 94 valence electrons. The van der Waals surface area contributed by atoms with E-state index < -0.39 is 0 Å². The first-order valence-corrected chi connectivity index (χ1v) is 6.77. The SMILES string of the molecule is CC(C)C(CS)COCC=Cc1ccccc1. The van der Waals surface area contributed by atoms with Crippen LogP contribution >= 0.6 is 12.6 Å². The molecule has 0 radical (unpaired) electrons. The molecule has 0 aliphatic heterocycles. The standard InChI is InChI=1S/C15H22OS/c1-13(2)15(12-17)11-16-10-6-9-14-7-4-3-5-8-14/h3-9,13,15,17H,10-12H2,1-2H3. The van der Waals surface area contributed by atoms with Crippen LogP contribution in [0.25, 0.3) is 6.08 Å². The minimum Gasteiger partial charge on any atom is -0.377 e. The number of hydrogen-bond acceptors (Lipinski definition) is 2. The smallest absolute Gasteiger partial charge is 0.0650 e. The van der Waals surface area contributed by atoms with Gasteiger partial charge >= 0.3 is 0 Å². The Morgan fingerprint density at radius 2 is 1.94 bits per heavy atom. The van der Waals surface area contributed by atoms with Gasteiger partial charge in [0.25, 0.3) is 0 Å². The van der Waals surface area contributed by atoms with E-state index in [4.69, 9.17) is 4.74 Å². The zero-order valence-corrected chi connectivity index (χ0v) is 11.6. The Morgan fingerprint density at radius 1 is 1.24 bits per heavy atom. The molecule has 1 nitrogen and oxygen atoms in total. The lowest BCUT2D eigenvalue weighted by Crippen LogP contribution is -2.17. The first kappa shape index (κ1) is 14.3. The number of rotatable bonds is 7. The molecule has 0 saturated heterocycles. The van der Waals surface area contributed by atoms with Crippen LogP contribution in [0, 0.1) is 11.8 Å². The summed E-state index contributed by atoms with van der Waals surface area (Å²) >= 11 is 4.34. The average Bonchev–Trinajstić information content (AvgIpc) is 2.34. The van der Waals surface area contributed by atoms with Gasteiger partial charge in [-0.05, 0) is 23.2 Å². The van der Waals surface area contributed by atoms with Crippen LogP contribution in [-0.2, 0) is 4.74 Å². The van der Waals surface area contributed by atoms with Crippen LogP contribution in [0.15, 0.2) is 36.4 Å². The maximum Gasteiger partial charge on any atom is 0.0650 e. The summed E-state index contributed by atoms with van der Waals surface area (Å²) in [5.74, 6) is 2.06. The fraction of sp³-hybridized carbons (Fsp3) is 0.467. The van der Waals surface area contributed by atoms with Crippen molar-refractivity contribution in [2.45, 2.75) is 13.8 Å². The highest BCUT2D eigenvalue weighted by atomic mass is 32.1. The number of thiol groups is 1. The normalized spacial score (nSPS) is 13.4. The molecule has 0 saturated carbocycles. The fourth-order valence-corrected chi connectivity index (χ4v) is 2.02. The third-order valence-corrected chi connectivity index (χ3v) is 3.30. The van der Waals surface area contributed by atoms with Crippen LogP contribution in [0.3, 0.4) is 0 Å². The van der Waals surface area contributed by atoms with Crippen LogP contribution in [-0.4, -0.2) is 19.0 Å². The molecule has 1 aromatic carbocycles. The molecule has 2 heteroatoms. The summed E-state index contributed by atoms with van der Waals surface area (Å²) < 4.78 is 5.63. The van der Waals surface area contributed by atoms with Gasteiger partial charge in [-0.15, -0.1) is 0 Å². The summed E-state index contributed by atoms with van der Waals surface area (Å²) in [6, 6.07) is 10.3. The van der Waals surface area contributed by atoms with E-state index in [0.717, 1.165) is 12.4 Å². The molecule has 0 aliphatic rings. The minimum atomic E-state index is 0.545. The molecule has 0 fully saturated rings. The molecule has 0 amide bonds. The van der Waals surface area contributed by atoms with Crippen molar-refractivity contribution in [1.82, 2.24) is 0 Å². The van der Waals surface area contributed by atoms with Crippen molar-refractivity contribution < 1.29 is 4.74 Å². The number of ether oxygens (including phenoxy) is 1. The summed E-state index contributed by atoms with van der Waals surface area (Å²) in [6.07, 6.45) is 4.15. The molecule has 1 rings (SSSR count). The summed E-state index contributed by atoms with van der Waals surface area (Å²) in [7, 11) is 0. The van der Waals surface area contributed by atoms with Crippen LogP contribution in [0.2, 0.25) is 0 Å². The molecule has 1 atom stereocenters. The first-order valence-electron chi connectivity index (χ1n) is 6.14. The van der Waals surface area contributed by atoms with Gasteiger partial charge in [0.2, 0.25) is 0 Å². The highest BCUT2D eigenvalue weighted by Gasteiger charge is 2.10. The molecule has 0 N–H and O–H groups in total. The summed E-state index contributed by atoms with van der Waals surface area (Å²) in [5, 5.41) is 0. The van der Waals surface area contributed by atoms with Gasteiger partial charge in [0, 0.05) is 0 Å². The monoisotopic (exact) mass is 250 g/mol. The molecule has 17 heavy (non-hydrogen) atoms. The second-order valence-electron chi connectivity index (χ2n) is 4.54. The lowest BCUT2D eigenvalue weighted by molar-refractivity contribution is 0.113. The zero-order valence-electron chi connectivity index (χ0n) is 10.7. The first-order chi connectivity index (χ1) is 8.24. The van der Waals surface area contributed by atoms with Gasteiger partial charge in [-0.2, -0.15) is 12.6 Å². The van der Waals surface area contributed by atoms with Gasteiger partial charge in [-0.3, -0.25) is 0 Å². The van der Waals surface area contributed by atoms with Gasteiger partial charge in [-0.25, -0.2) is 0 Å². The third-order valence-electron chi connectivity index (χ3n) is 2.83. The van der Waals surface area contributed by atoms with Crippen molar-refractivity contribution in [3.63, 3.8) is 0 Å². The maximum absolute atomic E-state index is 5.63. The summed E-state index contributed by atoms with van der Waals surface area (Å²) in [5.41, 5.74) is 1.21. The van der Waals surface area contributed by atoms with E-state index in [9.17, 15) is 0 Å². The molecule has 0 aromatic heterocycles. The van der Waals surface area contributed by atoms with Crippen molar-refractivity contribution in [3.05, 3.63) is 42.0 Å². The van der Waals surface area contributed by atoms with Crippen molar-refractivity contribution in [2.24, 2.45) is 11.8 Å². The Bertz CT molecular complexity index is 319. The van der Waals surface area contributed by atoms with Gasteiger partial charge in [0.1, 0.15) is 0 Å². The second kappa shape index (κ2) is 8.37. The zero-order chi connectivity index (χ0) is 12.5. The number of benzene rings is 1. The molecule has 0 spiro atoms. The molecule has 1 unspecified atom stereocenters. The average molecular weight is 250 g/mol. The topological polar surface area (TPSA) is 9.23 Å². The van der Waals surface area contributed by atoms with Gasteiger partial charge in [-0.1, -0.05) is 56.3 Å². The van der Waals surface area contributed by atoms with E-state index in [2.05, 4.69) is 50.8 Å². The summed E-state index contributed by atoms with van der Waals surface area (Å²) in [6.45, 7) is 5.89. The lowest BCUT2D eigenvalue weighted by atomic mass is 9.99.